The monoisotopic (exact) mass is 350 g/mol. The molecule has 0 fully saturated rings. The summed E-state index contributed by atoms with van der Waals surface area (Å²) < 4.78 is 5.28. The fraction of sp³-hybridized carbons (Fsp3) is 0.300. The number of benzene rings is 1. The van der Waals surface area contributed by atoms with Crippen molar-refractivity contribution in [2.45, 2.75) is 26.2 Å². The molecule has 0 aliphatic carbocycles. The maximum absolute atomic E-state index is 12.3. The first-order chi connectivity index (χ1) is 12.6. The Balaban J connectivity index is 1.50. The molecule has 3 aromatic rings. The van der Waals surface area contributed by atoms with Gasteiger partial charge in [0.1, 0.15) is 0 Å². The summed E-state index contributed by atoms with van der Waals surface area (Å²) in [4.78, 5) is 22.4. The van der Waals surface area contributed by atoms with Gasteiger partial charge in [-0.15, -0.1) is 0 Å². The molecule has 26 heavy (non-hydrogen) atoms. The summed E-state index contributed by atoms with van der Waals surface area (Å²) >= 11 is 0. The van der Waals surface area contributed by atoms with E-state index in [0.717, 1.165) is 17.5 Å². The lowest BCUT2D eigenvalue weighted by atomic mass is 10.1. The summed E-state index contributed by atoms with van der Waals surface area (Å²) in [7, 11) is 1.81. The molecule has 1 amide bonds. The van der Waals surface area contributed by atoms with Crippen LogP contribution in [-0.4, -0.2) is 39.5 Å². The van der Waals surface area contributed by atoms with Gasteiger partial charge in [0, 0.05) is 44.4 Å². The molecule has 0 spiro atoms. The number of carbonyl (C=O) groups excluding carboxylic acids is 1. The van der Waals surface area contributed by atoms with Crippen LogP contribution in [0, 0.1) is 6.92 Å². The van der Waals surface area contributed by atoms with Crippen molar-refractivity contribution in [3.63, 3.8) is 0 Å². The highest BCUT2D eigenvalue weighted by atomic mass is 16.5. The second kappa shape index (κ2) is 8.38. The largest absolute Gasteiger partial charge is 0.345 e. The lowest BCUT2D eigenvalue weighted by Gasteiger charge is -2.16. The predicted octanol–water partition coefficient (Wildman–Crippen LogP) is 3.07. The number of carbonyl (C=O) groups is 1. The second-order valence-corrected chi connectivity index (χ2v) is 6.30. The van der Waals surface area contributed by atoms with Gasteiger partial charge in [-0.05, 0) is 37.1 Å². The van der Waals surface area contributed by atoms with E-state index in [4.69, 9.17) is 4.52 Å². The molecule has 0 saturated heterocycles. The van der Waals surface area contributed by atoms with E-state index in [0.29, 0.717) is 31.1 Å². The highest BCUT2D eigenvalue weighted by Gasteiger charge is 2.13. The molecule has 134 valence electrons. The molecule has 0 saturated carbocycles. The van der Waals surface area contributed by atoms with Crippen molar-refractivity contribution in [1.82, 2.24) is 20.0 Å². The van der Waals surface area contributed by atoms with Crippen LogP contribution in [0.1, 0.15) is 23.4 Å². The Morgan fingerprint density at radius 1 is 1.15 bits per heavy atom. The molecular formula is C20H22N4O2. The molecule has 0 N–H and O–H groups in total. The summed E-state index contributed by atoms with van der Waals surface area (Å²) in [6, 6.07) is 11.9. The number of aryl methyl sites for hydroxylation is 2. The van der Waals surface area contributed by atoms with Crippen molar-refractivity contribution >= 4 is 5.91 Å². The molecule has 0 aliphatic rings. The second-order valence-electron chi connectivity index (χ2n) is 6.30. The smallest absolute Gasteiger partial charge is 0.227 e. The Morgan fingerprint density at radius 2 is 1.96 bits per heavy atom. The highest BCUT2D eigenvalue weighted by Crippen LogP contribution is 2.17. The molecular weight excluding hydrogens is 328 g/mol. The third-order valence-electron chi connectivity index (χ3n) is 4.21. The zero-order valence-electron chi connectivity index (χ0n) is 15.1. The first-order valence-electron chi connectivity index (χ1n) is 8.64. The molecule has 2 heterocycles. The van der Waals surface area contributed by atoms with Gasteiger partial charge in [-0.1, -0.05) is 28.9 Å². The molecule has 0 atom stereocenters. The van der Waals surface area contributed by atoms with Crippen LogP contribution in [0.4, 0.5) is 0 Å². The van der Waals surface area contributed by atoms with Gasteiger partial charge in [-0.25, -0.2) is 0 Å². The maximum Gasteiger partial charge on any atom is 0.227 e. The van der Waals surface area contributed by atoms with Crippen molar-refractivity contribution in [2.75, 3.05) is 13.6 Å². The summed E-state index contributed by atoms with van der Waals surface area (Å²) in [5, 5.41) is 4.01. The number of hydrogen-bond donors (Lipinski definition) is 0. The van der Waals surface area contributed by atoms with Gasteiger partial charge in [0.15, 0.2) is 0 Å². The summed E-state index contributed by atoms with van der Waals surface area (Å²) in [5.41, 5.74) is 3.22. The normalized spacial score (nSPS) is 10.7. The average molecular weight is 350 g/mol. The van der Waals surface area contributed by atoms with Crippen LogP contribution in [0.15, 0.2) is 53.3 Å². The quantitative estimate of drug-likeness (QED) is 0.655. The molecule has 0 bridgehead atoms. The minimum Gasteiger partial charge on any atom is -0.345 e. The van der Waals surface area contributed by atoms with Gasteiger partial charge in [-0.2, -0.15) is 4.98 Å². The standard InChI is InChI=1S/C20H22N4O2/c1-15-4-3-5-17(14-15)20-22-18(26-23-20)6-7-19(25)24(2)13-10-16-8-11-21-12-9-16/h3-5,8-9,11-12,14H,6-7,10,13H2,1-2H3. The summed E-state index contributed by atoms with van der Waals surface area (Å²) in [5.74, 6) is 1.11. The molecule has 6 heteroatoms. The SMILES string of the molecule is Cc1cccc(-c2noc(CCC(=O)N(C)CCc3ccncc3)n2)c1. The Bertz CT molecular complexity index is 861. The topological polar surface area (TPSA) is 72.1 Å². The third kappa shape index (κ3) is 4.75. The van der Waals surface area contributed by atoms with Crippen LogP contribution in [0.3, 0.4) is 0 Å². The van der Waals surface area contributed by atoms with E-state index in [1.54, 1.807) is 17.3 Å². The Kier molecular flexibility index (Phi) is 5.73. The van der Waals surface area contributed by atoms with Gasteiger partial charge in [0.05, 0.1) is 0 Å². The Morgan fingerprint density at radius 3 is 2.73 bits per heavy atom. The molecule has 6 nitrogen and oxygen atoms in total. The van der Waals surface area contributed by atoms with Crippen molar-refractivity contribution in [3.05, 3.63) is 65.8 Å². The molecule has 1 aromatic carbocycles. The number of aromatic nitrogens is 3. The van der Waals surface area contributed by atoms with Gasteiger partial charge < -0.3 is 9.42 Å². The van der Waals surface area contributed by atoms with Crippen LogP contribution in [-0.2, 0) is 17.6 Å². The zero-order valence-corrected chi connectivity index (χ0v) is 15.1. The van der Waals surface area contributed by atoms with E-state index in [1.807, 2.05) is 50.4 Å². The number of likely N-dealkylation sites (N-methyl/N-ethyl adjacent to an activating group) is 1. The van der Waals surface area contributed by atoms with E-state index in [1.165, 1.54) is 5.56 Å². The fourth-order valence-corrected chi connectivity index (χ4v) is 2.63. The van der Waals surface area contributed by atoms with E-state index in [9.17, 15) is 4.79 Å². The van der Waals surface area contributed by atoms with Crippen LogP contribution < -0.4 is 0 Å². The van der Waals surface area contributed by atoms with Crippen molar-refractivity contribution in [2.24, 2.45) is 0 Å². The van der Waals surface area contributed by atoms with Crippen LogP contribution in [0.25, 0.3) is 11.4 Å². The van der Waals surface area contributed by atoms with Crippen molar-refractivity contribution in [3.8, 4) is 11.4 Å². The fourth-order valence-electron chi connectivity index (χ4n) is 2.63. The number of pyridine rings is 1. The minimum absolute atomic E-state index is 0.0642. The molecule has 3 rings (SSSR count). The molecule has 0 radical (unpaired) electrons. The summed E-state index contributed by atoms with van der Waals surface area (Å²) in [6.45, 7) is 2.69. The van der Waals surface area contributed by atoms with Crippen LogP contribution >= 0.6 is 0 Å². The average Bonchev–Trinajstić information content (AvgIpc) is 3.14. The van der Waals surface area contributed by atoms with E-state index in [-0.39, 0.29) is 5.91 Å². The van der Waals surface area contributed by atoms with Crippen molar-refractivity contribution < 1.29 is 9.32 Å². The van der Waals surface area contributed by atoms with E-state index in [2.05, 4.69) is 15.1 Å². The highest BCUT2D eigenvalue weighted by molar-refractivity contribution is 5.76. The number of hydrogen-bond acceptors (Lipinski definition) is 5. The van der Waals surface area contributed by atoms with E-state index < -0.39 is 0 Å². The van der Waals surface area contributed by atoms with Crippen LogP contribution in [0.5, 0.6) is 0 Å². The van der Waals surface area contributed by atoms with Gasteiger partial charge in [0.2, 0.25) is 17.6 Å². The number of amides is 1. The molecule has 2 aromatic heterocycles. The third-order valence-corrected chi connectivity index (χ3v) is 4.21. The van der Waals surface area contributed by atoms with Gasteiger partial charge >= 0.3 is 0 Å². The van der Waals surface area contributed by atoms with E-state index >= 15 is 0 Å². The Hall–Kier alpha value is -3.02. The van der Waals surface area contributed by atoms with Gasteiger partial charge in [-0.3, -0.25) is 9.78 Å². The predicted molar refractivity (Wildman–Crippen MR) is 98.4 cm³/mol. The van der Waals surface area contributed by atoms with Crippen LogP contribution in [0.2, 0.25) is 0 Å². The first kappa shape index (κ1) is 17.8. The zero-order chi connectivity index (χ0) is 18.4. The molecule has 0 aliphatic heterocycles. The lowest BCUT2D eigenvalue weighted by Crippen LogP contribution is -2.29. The Labute approximate surface area is 152 Å². The molecule has 0 unspecified atom stereocenters. The summed E-state index contributed by atoms with van der Waals surface area (Å²) in [6.07, 6.45) is 5.12. The van der Waals surface area contributed by atoms with Crippen molar-refractivity contribution in [1.29, 1.82) is 0 Å². The maximum atomic E-state index is 12.3. The first-order valence-corrected chi connectivity index (χ1v) is 8.64. The minimum atomic E-state index is 0.0642. The lowest BCUT2D eigenvalue weighted by molar-refractivity contribution is -0.129. The number of nitrogens with zero attached hydrogens (tertiary/aromatic N) is 4. The number of rotatable bonds is 7. The van der Waals surface area contributed by atoms with Gasteiger partial charge in [0.25, 0.3) is 0 Å².